The van der Waals surface area contributed by atoms with E-state index in [1.807, 2.05) is 18.2 Å². The van der Waals surface area contributed by atoms with Gasteiger partial charge < -0.3 is 0 Å². The number of benzene rings is 2. The third kappa shape index (κ3) is 3.27. The smallest absolute Gasteiger partial charge is 0.166 e. The fourth-order valence-corrected chi connectivity index (χ4v) is 4.12. The third-order valence-electron chi connectivity index (χ3n) is 4.59. The van der Waals surface area contributed by atoms with Crippen molar-refractivity contribution in [1.82, 2.24) is 0 Å². The Bertz CT molecular complexity index is 657. The molecule has 22 heavy (non-hydrogen) atoms. The average Bonchev–Trinajstić information content (AvgIpc) is 2.46. The Morgan fingerprint density at radius 1 is 0.909 bits per heavy atom. The number of rotatable bonds is 3. The molecular formula is C18H21F3Si. The Hall–Kier alpha value is -1.55. The first-order valence-electron chi connectivity index (χ1n) is 7.41. The number of alkyl halides is 3. The second-order valence-electron chi connectivity index (χ2n) is 6.50. The number of hydrogen-bond acceptors (Lipinski definition) is 0. The number of halogens is 3. The van der Waals surface area contributed by atoms with Gasteiger partial charge in [0.1, 0.15) is 0 Å². The van der Waals surface area contributed by atoms with Crippen LogP contribution in [-0.2, 0) is 6.18 Å². The van der Waals surface area contributed by atoms with E-state index in [-0.39, 0.29) is 5.56 Å². The molecule has 118 valence electrons. The monoisotopic (exact) mass is 322 g/mol. The van der Waals surface area contributed by atoms with E-state index in [0.717, 1.165) is 6.07 Å². The third-order valence-corrected chi connectivity index (χ3v) is 9.28. The van der Waals surface area contributed by atoms with E-state index >= 15 is 0 Å². The van der Waals surface area contributed by atoms with Crippen LogP contribution in [0.25, 0.3) is 11.1 Å². The normalized spacial score (nSPS) is 12.7. The fraction of sp³-hybridized carbons (Fsp3) is 0.333. The zero-order valence-corrected chi connectivity index (χ0v) is 14.3. The van der Waals surface area contributed by atoms with Crippen molar-refractivity contribution in [1.29, 1.82) is 0 Å². The van der Waals surface area contributed by atoms with Gasteiger partial charge in [-0.05, 0) is 22.7 Å². The molecule has 0 aromatic heterocycles. The van der Waals surface area contributed by atoms with E-state index in [1.54, 1.807) is 18.2 Å². The van der Waals surface area contributed by atoms with Crippen LogP contribution in [0.4, 0.5) is 13.2 Å². The highest BCUT2D eigenvalue weighted by Gasteiger charge is 2.34. The minimum Gasteiger partial charge on any atom is -0.166 e. The summed E-state index contributed by atoms with van der Waals surface area (Å²) in [5, 5.41) is 1.19. The zero-order valence-electron chi connectivity index (χ0n) is 13.3. The first-order valence-corrected chi connectivity index (χ1v) is 10.5. The maximum atomic E-state index is 13.2. The summed E-state index contributed by atoms with van der Waals surface area (Å²) in [7, 11) is -1.67. The molecular weight excluding hydrogens is 301 g/mol. The largest absolute Gasteiger partial charge is 0.417 e. The van der Waals surface area contributed by atoms with Crippen LogP contribution >= 0.6 is 0 Å². The second kappa shape index (κ2) is 5.92. The van der Waals surface area contributed by atoms with Gasteiger partial charge in [0.15, 0.2) is 0 Å². The molecule has 0 heterocycles. The first kappa shape index (κ1) is 16.8. The van der Waals surface area contributed by atoms with Gasteiger partial charge in [-0.15, -0.1) is 0 Å². The van der Waals surface area contributed by atoms with Crippen LogP contribution in [0.3, 0.4) is 0 Å². The molecule has 0 bridgehead atoms. The molecule has 0 radical (unpaired) electrons. The summed E-state index contributed by atoms with van der Waals surface area (Å²) >= 11 is 0. The molecule has 0 aliphatic carbocycles. The molecule has 0 aliphatic rings. The summed E-state index contributed by atoms with van der Waals surface area (Å²) in [6, 6.07) is 13.4. The standard InChI is InChI=1S/C18H21F3Si/c1-13(2)22(3,4)15-9-7-8-14(12-15)16-10-5-6-11-17(16)18(19,20)21/h5-13H,1-4H3. The van der Waals surface area contributed by atoms with Crippen LogP contribution < -0.4 is 5.19 Å². The highest BCUT2D eigenvalue weighted by atomic mass is 28.3. The van der Waals surface area contributed by atoms with Crippen LogP contribution in [0.5, 0.6) is 0 Å². The summed E-state index contributed by atoms with van der Waals surface area (Å²) < 4.78 is 39.6. The van der Waals surface area contributed by atoms with Crippen LogP contribution in [0.2, 0.25) is 18.6 Å². The van der Waals surface area contributed by atoms with Crippen molar-refractivity contribution in [2.45, 2.75) is 38.7 Å². The lowest BCUT2D eigenvalue weighted by Gasteiger charge is -2.28. The molecule has 0 spiro atoms. The van der Waals surface area contributed by atoms with E-state index in [2.05, 4.69) is 26.9 Å². The number of hydrogen-bond donors (Lipinski definition) is 0. The zero-order chi connectivity index (χ0) is 16.5. The Morgan fingerprint density at radius 3 is 2.14 bits per heavy atom. The predicted octanol–water partition coefficient (Wildman–Crippen LogP) is 5.70. The van der Waals surface area contributed by atoms with Gasteiger partial charge in [-0.25, -0.2) is 0 Å². The van der Waals surface area contributed by atoms with Crippen LogP contribution in [-0.4, -0.2) is 8.07 Å². The Labute approximate surface area is 131 Å². The molecule has 2 aromatic carbocycles. The van der Waals surface area contributed by atoms with E-state index < -0.39 is 19.8 Å². The Balaban J connectivity index is 2.57. The van der Waals surface area contributed by atoms with Gasteiger partial charge in [-0.1, -0.05) is 74.6 Å². The van der Waals surface area contributed by atoms with E-state index in [0.29, 0.717) is 11.1 Å². The minimum absolute atomic E-state index is 0.255. The van der Waals surface area contributed by atoms with Gasteiger partial charge >= 0.3 is 6.18 Å². The highest BCUT2D eigenvalue weighted by Crippen LogP contribution is 2.36. The predicted molar refractivity (Wildman–Crippen MR) is 89.1 cm³/mol. The second-order valence-corrected chi connectivity index (χ2v) is 11.7. The first-order chi connectivity index (χ1) is 10.1. The van der Waals surface area contributed by atoms with E-state index in [1.165, 1.54) is 11.3 Å². The van der Waals surface area contributed by atoms with Crippen molar-refractivity contribution >= 4 is 13.3 Å². The minimum atomic E-state index is -4.34. The molecule has 2 aromatic rings. The molecule has 0 unspecified atom stereocenters. The van der Waals surface area contributed by atoms with Crippen molar-refractivity contribution in [3.63, 3.8) is 0 Å². The topological polar surface area (TPSA) is 0 Å². The summed E-state index contributed by atoms with van der Waals surface area (Å²) in [6.45, 7) is 8.88. The molecule has 0 fully saturated rings. The van der Waals surface area contributed by atoms with E-state index in [9.17, 15) is 13.2 Å². The average molecular weight is 322 g/mol. The van der Waals surface area contributed by atoms with Gasteiger partial charge in [0, 0.05) is 0 Å². The summed E-state index contributed by atoms with van der Waals surface area (Å²) in [5.41, 5.74) is 0.855. The lowest BCUT2D eigenvalue weighted by Crippen LogP contribution is -2.44. The lowest BCUT2D eigenvalue weighted by molar-refractivity contribution is -0.137. The quantitative estimate of drug-likeness (QED) is 0.636. The molecule has 4 heteroatoms. The van der Waals surface area contributed by atoms with Gasteiger partial charge in [-0.2, -0.15) is 13.2 Å². The Kier molecular flexibility index (Phi) is 4.52. The van der Waals surface area contributed by atoms with Crippen LogP contribution in [0, 0.1) is 0 Å². The molecule has 0 amide bonds. The lowest BCUT2D eigenvalue weighted by atomic mass is 9.99. The molecule has 0 saturated heterocycles. The highest BCUT2D eigenvalue weighted by molar-refractivity contribution is 6.90. The molecule has 0 aliphatic heterocycles. The van der Waals surface area contributed by atoms with Crippen molar-refractivity contribution in [2.24, 2.45) is 0 Å². The van der Waals surface area contributed by atoms with Crippen molar-refractivity contribution in [2.75, 3.05) is 0 Å². The van der Waals surface area contributed by atoms with Gasteiger partial charge in [0.25, 0.3) is 0 Å². The molecule has 0 atom stereocenters. The fourth-order valence-electron chi connectivity index (χ4n) is 2.40. The SMILES string of the molecule is CC(C)[Si](C)(C)c1cccc(-c2ccccc2C(F)(F)F)c1. The maximum Gasteiger partial charge on any atom is 0.417 e. The summed E-state index contributed by atoms with van der Waals surface area (Å²) in [5.74, 6) is 0. The molecule has 0 nitrogen and oxygen atoms in total. The van der Waals surface area contributed by atoms with E-state index in [4.69, 9.17) is 0 Å². The van der Waals surface area contributed by atoms with Gasteiger partial charge in [0.05, 0.1) is 13.6 Å². The van der Waals surface area contributed by atoms with Crippen LogP contribution in [0.15, 0.2) is 48.5 Å². The van der Waals surface area contributed by atoms with Crippen LogP contribution in [0.1, 0.15) is 19.4 Å². The van der Waals surface area contributed by atoms with Gasteiger partial charge in [-0.3, -0.25) is 0 Å². The summed E-state index contributed by atoms with van der Waals surface area (Å²) in [6.07, 6.45) is -4.34. The molecule has 0 N–H and O–H groups in total. The summed E-state index contributed by atoms with van der Waals surface area (Å²) in [4.78, 5) is 0. The van der Waals surface area contributed by atoms with Crippen molar-refractivity contribution in [3.8, 4) is 11.1 Å². The Morgan fingerprint density at radius 2 is 1.55 bits per heavy atom. The van der Waals surface area contributed by atoms with Crippen molar-refractivity contribution in [3.05, 3.63) is 54.1 Å². The molecule has 0 saturated carbocycles. The van der Waals surface area contributed by atoms with Crippen molar-refractivity contribution < 1.29 is 13.2 Å². The molecule has 2 rings (SSSR count). The van der Waals surface area contributed by atoms with Gasteiger partial charge in [0.2, 0.25) is 0 Å². The maximum absolute atomic E-state index is 13.2.